The Morgan fingerprint density at radius 2 is 2.29 bits per heavy atom. The third-order valence-corrected chi connectivity index (χ3v) is 2.16. The summed E-state index contributed by atoms with van der Waals surface area (Å²) >= 11 is 5.62. The maximum Gasteiger partial charge on any atom is 0.288 e. The maximum absolute atomic E-state index is 10.5. The van der Waals surface area contributed by atoms with E-state index in [1.807, 2.05) is 0 Å². The van der Waals surface area contributed by atoms with Gasteiger partial charge in [0.2, 0.25) is 6.04 Å². The molecule has 5 heteroatoms. The van der Waals surface area contributed by atoms with Crippen LogP contribution in [0, 0.1) is 16.7 Å². The molecule has 0 saturated carbocycles. The molecule has 0 bridgehead atoms. The van der Waals surface area contributed by atoms with E-state index in [4.69, 9.17) is 18.2 Å². The van der Waals surface area contributed by atoms with Gasteiger partial charge in [-0.1, -0.05) is 11.6 Å². The molecular formula is C9H7ClN2O2. The molecule has 0 aromatic heterocycles. The van der Waals surface area contributed by atoms with E-state index in [2.05, 4.69) is 4.85 Å². The summed E-state index contributed by atoms with van der Waals surface area (Å²) < 4.78 is 0. The van der Waals surface area contributed by atoms with Crippen molar-refractivity contribution in [3.05, 3.63) is 50.3 Å². The molecule has 0 aliphatic heterocycles. The lowest BCUT2D eigenvalue weighted by Gasteiger charge is -2.00. The number of nitro groups is 1. The smallest absolute Gasteiger partial charge is 0.288 e. The van der Waals surface area contributed by atoms with Crippen molar-refractivity contribution >= 4 is 17.3 Å². The third kappa shape index (κ3) is 2.01. The van der Waals surface area contributed by atoms with Gasteiger partial charge in [-0.3, -0.25) is 10.1 Å². The average Bonchev–Trinajstić information content (AvgIpc) is 2.17. The van der Waals surface area contributed by atoms with E-state index in [1.54, 1.807) is 13.0 Å². The van der Waals surface area contributed by atoms with Crippen LogP contribution < -0.4 is 0 Å². The first kappa shape index (κ1) is 10.5. The Morgan fingerprint density at radius 1 is 1.64 bits per heavy atom. The van der Waals surface area contributed by atoms with Crippen LogP contribution in [0.2, 0.25) is 5.02 Å². The monoisotopic (exact) mass is 210 g/mol. The average molecular weight is 211 g/mol. The van der Waals surface area contributed by atoms with Crippen LogP contribution in [0.15, 0.2) is 18.2 Å². The second kappa shape index (κ2) is 4.07. The van der Waals surface area contributed by atoms with Crippen molar-refractivity contribution in [2.24, 2.45) is 0 Å². The molecular weight excluding hydrogens is 204 g/mol. The van der Waals surface area contributed by atoms with Gasteiger partial charge in [-0.05, 0) is 12.1 Å². The number of rotatable bonds is 2. The molecule has 1 atom stereocenters. The standard InChI is InChI=1S/C9H7ClN2O2/c1-6(11-2)7-3-4-8(10)9(5-7)12(13)14/h3-6H,1H3. The summed E-state index contributed by atoms with van der Waals surface area (Å²) in [5, 5.41) is 10.6. The van der Waals surface area contributed by atoms with Crippen molar-refractivity contribution in [2.45, 2.75) is 13.0 Å². The summed E-state index contributed by atoms with van der Waals surface area (Å²) in [6.45, 7) is 8.48. The summed E-state index contributed by atoms with van der Waals surface area (Å²) in [5.74, 6) is 0. The molecule has 0 amide bonds. The van der Waals surface area contributed by atoms with Gasteiger partial charge in [-0.25, -0.2) is 6.57 Å². The summed E-state index contributed by atoms with van der Waals surface area (Å²) in [7, 11) is 0. The zero-order chi connectivity index (χ0) is 10.7. The first-order valence-electron chi connectivity index (χ1n) is 3.86. The molecule has 0 fully saturated rings. The molecule has 1 unspecified atom stereocenters. The van der Waals surface area contributed by atoms with Crippen molar-refractivity contribution in [1.82, 2.24) is 0 Å². The fraction of sp³-hybridized carbons (Fsp3) is 0.222. The van der Waals surface area contributed by atoms with Gasteiger partial charge >= 0.3 is 0 Å². The molecule has 0 aliphatic rings. The zero-order valence-corrected chi connectivity index (χ0v) is 8.15. The van der Waals surface area contributed by atoms with E-state index in [0.717, 1.165) is 0 Å². The summed E-state index contributed by atoms with van der Waals surface area (Å²) in [5.41, 5.74) is 0.454. The van der Waals surface area contributed by atoms with E-state index in [-0.39, 0.29) is 16.8 Å². The molecule has 1 aromatic rings. The van der Waals surface area contributed by atoms with E-state index >= 15 is 0 Å². The number of benzene rings is 1. The summed E-state index contributed by atoms with van der Waals surface area (Å²) in [6.07, 6.45) is 0. The van der Waals surface area contributed by atoms with Crippen molar-refractivity contribution < 1.29 is 4.92 Å². The Morgan fingerprint density at radius 3 is 2.79 bits per heavy atom. The Balaban J connectivity index is 3.21. The Bertz CT molecular complexity index is 412. The highest BCUT2D eigenvalue weighted by Crippen LogP contribution is 2.28. The summed E-state index contributed by atoms with van der Waals surface area (Å²) in [6, 6.07) is 4.02. The minimum absolute atomic E-state index is 0.0935. The van der Waals surface area contributed by atoms with Gasteiger partial charge in [0, 0.05) is 18.6 Å². The van der Waals surface area contributed by atoms with Gasteiger partial charge in [-0.15, -0.1) is 0 Å². The number of halogens is 1. The normalized spacial score (nSPS) is 11.8. The molecule has 1 rings (SSSR count). The molecule has 0 heterocycles. The Labute approximate surface area is 86.1 Å². The number of hydrogen-bond acceptors (Lipinski definition) is 2. The first-order chi connectivity index (χ1) is 6.56. The lowest BCUT2D eigenvalue weighted by molar-refractivity contribution is -0.384. The minimum Gasteiger partial charge on any atom is -0.309 e. The Kier molecular flexibility index (Phi) is 3.05. The Hall–Kier alpha value is -1.60. The van der Waals surface area contributed by atoms with Gasteiger partial charge in [0.25, 0.3) is 5.69 Å². The van der Waals surface area contributed by atoms with Gasteiger partial charge in [-0.2, -0.15) is 0 Å². The quantitative estimate of drug-likeness (QED) is 0.427. The first-order valence-corrected chi connectivity index (χ1v) is 4.24. The van der Waals surface area contributed by atoms with Gasteiger partial charge in [0.05, 0.1) is 4.92 Å². The molecule has 0 N–H and O–H groups in total. The van der Waals surface area contributed by atoms with Crippen LogP contribution in [-0.2, 0) is 0 Å². The van der Waals surface area contributed by atoms with Gasteiger partial charge in [0.15, 0.2) is 0 Å². The zero-order valence-electron chi connectivity index (χ0n) is 7.40. The fourth-order valence-corrected chi connectivity index (χ4v) is 1.19. The van der Waals surface area contributed by atoms with Crippen molar-refractivity contribution in [3.8, 4) is 0 Å². The second-order valence-corrected chi connectivity index (χ2v) is 3.18. The number of hydrogen-bond donors (Lipinski definition) is 0. The molecule has 4 nitrogen and oxygen atoms in total. The maximum atomic E-state index is 10.5. The van der Waals surface area contributed by atoms with Crippen molar-refractivity contribution in [3.63, 3.8) is 0 Å². The predicted octanol–water partition coefficient (Wildman–Crippen LogP) is 3.23. The van der Waals surface area contributed by atoms with E-state index in [0.29, 0.717) is 5.56 Å². The van der Waals surface area contributed by atoms with Crippen LogP contribution in [0.4, 0.5) is 5.69 Å². The topological polar surface area (TPSA) is 47.5 Å². The molecule has 0 radical (unpaired) electrons. The highest BCUT2D eigenvalue weighted by Gasteiger charge is 2.17. The molecule has 72 valence electrons. The van der Waals surface area contributed by atoms with Crippen LogP contribution in [0.25, 0.3) is 4.85 Å². The van der Waals surface area contributed by atoms with E-state index in [1.165, 1.54) is 12.1 Å². The minimum atomic E-state index is -0.553. The molecule has 0 saturated heterocycles. The molecule has 14 heavy (non-hydrogen) atoms. The highest BCUT2D eigenvalue weighted by molar-refractivity contribution is 6.32. The number of nitro benzene ring substituents is 1. The van der Waals surface area contributed by atoms with Crippen molar-refractivity contribution in [2.75, 3.05) is 0 Å². The molecule has 1 aromatic carbocycles. The second-order valence-electron chi connectivity index (χ2n) is 2.77. The van der Waals surface area contributed by atoms with E-state index < -0.39 is 4.92 Å². The van der Waals surface area contributed by atoms with Crippen LogP contribution >= 0.6 is 11.6 Å². The van der Waals surface area contributed by atoms with E-state index in [9.17, 15) is 10.1 Å². The highest BCUT2D eigenvalue weighted by atomic mass is 35.5. The molecule has 0 spiro atoms. The van der Waals surface area contributed by atoms with Crippen LogP contribution in [0.3, 0.4) is 0 Å². The van der Waals surface area contributed by atoms with Crippen LogP contribution in [0.5, 0.6) is 0 Å². The third-order valence-electron chi connectivity index (χ3n) is 1.84. The lowest BCUT2D eigenvalue weighted by atomic mass is 10.1. The van der Waals surface area contributed by atoms with Crippen LogP contribution in [0.1, 0.15) is 18.5 Å². The lowest BCUT2D eigenvalue weighted by Crippen LogP contribution is -1.93. The number of nitrogens with zero attached hydrogens (tertiary/aromatic N) is 2. The largest absolute Gasteiger partial charge is 0.309 e. The van der Waals surface area contributed by atoms with Gasteiger partial charge in [0.1, 0.15) is 5.02 Å². The predicted molar refractivity (Wildman–Crippen MR) is 53.1 cm³/mol. The SMILES string of the molecule is [C-]#[N+]C(C)c1ccc(Cl)c([N+](=O)[O-])c1. The molecule has 0 aliphatic carbocycles. The van der Waals surface area contributed by atoms with Gasteiger partial charge < -0.3 is 4.85 Å². The van der Waals surface area contributed by atoms with Crippen LogP contribution in [-0.4, -0.2) is 4.92 Å². The fourth-order valence-electron chi connectivity index (χ4n) is 1.00. The summed E-state index contributed by atoms with van der Waals surface area (Å²) in [4.78, 5) is 13.2. The van der Waals surface area contributed by atoms with Crippen molar-refractivity contribution in [1.29, 1.82) is 0 Å².